The van der Waals surface area contributed by atoms with Crippen molar-refractivity contribution in [2.24, 2.45) is 0 Å². The van der Waals surface area contributed by atoms with Crippen LogP contribution in [0.1, 0.15) is 70.2 Å². The van der Waals surface area contributed by atoms with Gasteiger partial charge in [0.2, 0.25) is 11.7 Å². The summed E-state index contributed by atoms with van der Waals surface area (Å²) in [5.74, 6) is -0.872. The van der Waals surface area contributed by atoms with Gasteiger partial charge in [0.1, 0.15) is 17.2 Å². The molecule has 29 heavy (non-hydrogen) atoms. The molecular weight excluding hydrogens is 368 g/mol. The first-order valence-corrected chi connectivity index (χ1v) is 9.57. The van der Waals surface area contributed by atoms with E-state index in [1.165, 1.54) is 6.92 Å². The number of ketones is 1. The number of rotatable bonds is 4. The monoisotopic (exact) mass is 392 g/mol. The van der Waals surface area contributed by atoms with Gasteiger partial charge in [0, 0.05) is 17.0 Å². The number of benzene rings is 1. The highest BCUT2D eigenvalue weighted by Gasteiger charge is 2.29. The van der Waals surface area contributed by atoms with Gasteiger partial charge in [0.05, 0.1) is 5.56 Å². The molecule has 0 radical (unpaired) electrons. The molecule has 0 saturated heterocycles. The first kappa shape index (κ1) is 20.4. The summed E-state index contributed by atoms with van der Waals surface area (Å²) >= 11 is 0. The van der Waals surface area contributed by atoms with E-state index < -0.39 is 17.2 Å². The second-order valence-corrected chi connectivity index (χ2v) is 7.58. The third kappa shape index (κ3) is 3.03. The zero-order valence-electron chi connectivity index (χ0n) is 17.5. The summed E-state index contributed by atoms with van der Waals surface area (Å²) < 4.78 is 7.00. The van der Waals surface area contributed by atoms with Gasteiger partial charge >= 0.3 is 0 Å². The molecule has 6 heteroatoms. The number of aromatic nitrogens is 1. The van der Waals surface area contributed by atoms with Gasteiger partial charge in [-0.25, -0.2) is 0 Å². The van der Waals surface area contributed by atoms with Crippen molar-refractivity contribution in [3.63, 3.8) is 0 Å². The number of pyridine rings is 1. The van der Waals surface area contributed by atoms with Gasteiger partial charge in [-0.3, -0.25) is 14.2 Å². The number of carbonyl (C=O) groups is 1. The molecule has 1 N–H and O–H groups in total. The Labute approximate surface area is 169 Å². The van der Waals surface area contributed by atoms with Gasteiger partial charge in [0.25, 0.3) is 5.56 Å². The van der Waals surface area contributed by atoms with Crippen LogP contribution >= 0.6 is 0 Å². The van der Waals surface area contributed by atoms with Crippen LogP contribution in [0.15, 0.2) is 21.3 Å². The van der Waals surface area contributed by atoms with E-state index in [0.29, 0.717) is 17.6 Å². The normalized spacial score (nSPS) is 12.2. The Morgan fingerprint density at radius 1 is 1.24 bits per heavy atom. The third-order valence-corrected chi connectivity index (χ3v) is 5.58. The van der Waals surface area contributed by atoms with Crippen LogP contribution in [-0.4, -0.2) is 15.5 Å². The van der Waals surface area contributed by atoms with E-state index in [1.54, 1.807) is 13.8 Å². The lowest BCUT2D eigenvalue weighted by Crippen LogP contribution is -2.28. The van der Waals surface area contributed by atoms with Crippen LogP contribution in [0.25, 0.3) is 11.0 Å². The van der Waals surface area contributed by atoms with Crippen LogP contribution in [0.4, 0.5) is 0 Å². The fourth-order valence-electron chi connectivity index (χ4n) is 3.91. The average Bonchev–Trinajstić information content (AvgIpc) is 2.98. The molecule has 0 aliphatic heterocycles. The van der Waals surface area contributed by atoms with Gasteiger partial charge < -0.3 is 9.52 Å². The van der Waals surface area contributed by atoms with Gasteiger partial charge in [-0.15, -0.1) is 0 Å². The zero-order valence-corrected chi connectivity index (χ0v) is 17.5. The minimum atomic E-state index is -0.596. The lowest BCUT2D eigenvalue weighted by Gasteiger charge is -2.19. The van der Waals surface area contributed by atoms with Crippen molar-refractivity contribution in [2.75, 3.05) is 0 Å². The van der Waals surface area contributed by atoms with E-state index in [1.807, 2.05) is 39.0 Å². The Hall–Kier alpha value is -3.33. The molecule has 0 spiro atoms. The van der Waals surface area contributed by atoms with Crippen LogP contribution in [0.3, 0.4) is 0 Å². The number of hydrogen-bond acceptors (Lipinski definition) is 5. The summed E-state index contributed by atoms with van der Waals surface area (Å²) in [7, 11) is 0. The predicted molar refractivity (Wildman–Crippen MR) is 111 cm³/mol. The molecule has 0 fully saturated rings. The molecule has 0 amide bonds. The maximum Gasteiger partial charge on any atom is 0.271 e. The van der Waals surface area contributed by atoms with Gasteiger partial charge in [-0.2, -0.15) is 5.26 Å². The quantitative estimate of drug-likeness (QED) is 0.654. The van der Waals surface area contributed by atoms with Gasteiger partial charge in [0.15, 0.2) is 5.76 Å². The second kappa shape index (κ2) is 7.25. The minimum Gasteiger partial charge on any atom is -0.494 e. The van der Waals surface area contributed by atoms with E-state index in [4.69, 9.17) is 4.42 Å². The Morgan fingerprint density at radius 2 is 1.90 bits per heavy atom. The molecule has 3 aromatic rings. The van der Waals surface area contributed by atoms with Crippen LogP contribution in [0.5, 0.6) is 5.88 Å². The van der Waals surface area contributed by atoms with Crippen molar-refractivity contribution in [3.8, 4) is 11.9 Å². The number of aromatic hydroxyl groups is 1. The van der Waals surface area contributed by atoms with Crippen molar-refractivity contribution < 1.29 is 14.3 Å². The Bertz CT molecular complexity index is 1260. The average molecular weight is 392 g/mol. The molecule has 3 rings (SSSR count). The summed E-state index contributed by atoms with van der Waals surface area (Å²) in [5.41, 5.74) is 2.61. The standard InChI is InChI=1S/C23H24N2O4/c1-7-13(4)25-22(27)16(10-24)14(5)19(23(25)28)20(26)21-15(6)18-12(3)8-11(2)9-17(18)29-21/h8-9,13,28H,7H2,1-6H3. The molecule has 0 bridgehead atoms. The SMILES string of the molecule is CCC(C)n1c(O)c(C(=O)c2oc3cc(C)cc(C)c3c2C)c(C)c(C#N)c1=O. The summed E-state index contributed by atoms with van der Waals surface area (Å²) in [4.78, 5) is 26.1. The Balaban J connectivity index is 2.35. The highest BCUT2D eigenvalue weighted by atomic mass is 16.3. The van der Waals surface area contributed by atoms with E-state index in [0.717, 1.165) is 21.1 Å². The molecule has 0 aliphatic rings. The Kier molecular flexibility index (Phi) is 5.10. The minimum absolute atomic E-state index is 0.0713. The maximum absolute atomic E-state index is 13.4. The Morgan fingerprint density at radius 3 is 2.48 bits per heavy atom. The number of aryl methyl sites for hydroxylation is 3. The third-order valence-electron chi connectivity index (χ3n) is 5.58. The first-order chi connectivity index (χ1) is 13.6. The van der Waals surface area contributed by atoms with Crippen molar-refractivity contribution in [3.05, 3.63) is 61.6 Å². The smallest absolute Gasteiger partial charge is 0.271 e. The van der Waals surface area contributed by atoms with Crippen molar-refractivity contribution in [1.82, 2.24) is 4.57 Å². The molecule has 0 saturated carbocycles. The van der Waals surface area contributed by atoms with E-state index in [2.05, 4.69) is 0 Å². The summed E-state index contributed by atoms with van der Waals surface area (Å²) in [6.45, 7) is 10.8. The van der Waals surface area contributed by atoms with Crippen molar-refractivity contribution in [1.29, 1.82) is 5.26 Å². The van der Waals surface area contributed by atoms with Crippen LogP contribution in [0.2, 0.25) is 0 Å². The lowest BCUT2D eigenvalue weighted by molar-refractivity contribution is 0.100. The van der Waals surface area contributed by atoms with Crippen molar-refractivity contribution >= 4 is 16.8 Å². The molecule has 6 nitrogen and oxygen atoms in total. The molecule has 1 aromatic carbocycles. The lowest BCUT2D eigenvalue weighted by atomic mass is 9.97. The second-order valence-electron chi connectivity index (χ2n) is 7.58. The fraction of sp³-hybridized carbons (Fsp3) is 0.348. The van der Waals surface area contributed by atoms with E-state index in [9.17, 15) is 20.0 Å². The topological polar surface area (TPSA) is 96.2 Å². The van der Waals surface area contributed by atoms with E-state index >= 15 is 0 Å². The highest BCUT2D eigenvalue weighted by molar-refractivity contribution is 6.13. The maximum atomic E-state index is 13.4. The molecule has 1 unspecified atom stereocenters. The molecule has 150 valence electrons. The summed E-state index contributed by atoms with van der Waals surface area (Å²) in [5, 5.41) is 21.2. The molecule has 0 aliphatic carbocycles. The van der Waals surface area contributed by atoms with Crippen LogP contribution in [0, 0.1) is 39.0 Å². The van der Waals surface area contributed by atoms with Crippen molar-refractivity contribution in [2.45, 2.75) is 54.0 Å². The highest BCUT2D eigenvalue weighted by Crippen LogP contribution is 2.34. The fourth-order valence-corrected chi connectivity index (χ4v) is 3.91. The van der Waals surface area contributed by atoms with E-state index in [-0.39, 0.29) is 28.5 Å². The summed E-state index contributed by atoms with van der Waals surface area (Å²) in [6, 6.07) is 5.39. The van der Waals surface area contributed by atoms with Crippen LogP contribution in [-0.2, 0) is 0 Å². The number of carbonyl (C=O) groups excluding carboxylic acids is 1. The largest absolute Gasteiger partial charge is 0.494 e. The molecule has 2 heterocycles. The number of fused-ring (bicyclic) bond motifs is 1. The number of nitrogens with zero attached hydrogens (tertiary/aromatic N) is 2. The molecule has 2 aromatic heterocycles. The first-order valence-electron chi connectivity index (χ1n) is 9.57. The number of hydrogen-bond donors (Lipinski definition) is 1. The molecular formula is C23H24N2O4. The summed E-state index contributed by atoms with van der Waals surface area (Å²) in [6.07, 6.45) is 0.553. The van der Waals surface area contributed by atoms with Gasteiger partial charge in [-0.05, 0) is 63.8 Å². The zero-order chi connectivity index (χ0) is 21.6. The predicted octanol–water partition coefficient (Wildman–Crippen LogP) is 4.61. The number of furan rings is 1. The number of nitriles is 1. The van der Waals surface area contributed by atoms with Crippen LogP contribution < -0.4 is 5.56 Å². The molecule has 1 atom stereocenters. The van der Waals surface area contributed by atoms with Gasteiger partial charge in [-0.1, -0.05) is 13.0 Å².